The lowest BCUT2D eigenvalue weighted by Crippen LogP contribution is -2.45. The average molecular weight is 563 g/mol. The van der Waals surface area contributed by atoms with E-state index in [4.69, 9.17) is 26.1 Å². The van der Waals surface area contributed by atoms with E-state index in [2.05, 4.69) is 37.6 Å². The summed E-state index contributed by atoms with van der Waals surface area (Å²) in [7, 11) is 3.28. The number of imidazole rings is 1. The number of aromatic nitrogens is 3. The molecule has 3 heterocycles. The Bertz CT molecular complexity index is 1460. The van der Waals surface area contributed by atoms with E-state index in [0.717, 1.165) is 55.0 Å². The second-order valence-electron chi connectivity index (χ2n) is 10.5. The van der Waals surface area contributed by atoms with E-state index in [9.17, 15) is 4.79 Å². The number of anilines is 1. The zero-order valence-corrected chi connectivity index (χ0v) is 24.0. The van der Waals surface area contributed by atoms with Gasteiger partial charge >= 0.3 is 0 Å². The standard InChI is InChI=1S/C30H35ClN6O3/c1-30(2,29(38)32-3)40-23-11-7-20(8-12-23)27-35-26-25(24(31)17-33-28(26)36-27)34-21-13-15-37(16-14-21)18-19-5-9-22(39-4)10-6-19/h5-12,17,21H,13-16,18H2,1-4H3,(H,32,38)(H2,33,34,35,36). The highest BCUT2D eigenvalue weighted by atomic mass is 35.5. The molecule has 1 fully saturated rings. The van der Waals surface area contributed by atoms with Crippen LogP contribution in [0.4, 0.5) is 5.69 Å². The molecule has 10 heteroatoms. The maximum Gasteiger partial charge on any atom is 0.263 e. The van der Waals surface area contributed by atoms with Gasteiger partial charge < -0.3 is 25.1 Å². The molecule has 0 saturated carbocycles. The molecule has 0 atom stereocenters. The number of carbonyl (C=O) groups excluding carboxylic acids is 1. The van der Waals surface area contributed by atoms with Crippen LogP contribution in [0.3, 0.4) is 0 Å². The van der Waals surface area contributed by atoms with Gasteiger partial charge in [-0.1, -0.05) is 23.7 Å². The minimum Gasteiger partial charge on any atom is -0.497 e. The van der Waals surface area contributed by atoms with Crippen molar-refractivity contribution in [1.29, 1.82) is 0 Å². The number of nitrogens with zero attached hydrogens (tertiary/aromatic N) is 3. The number of hydrogen-bond acceptors (Lipinski definition) is 7. The molecule has 0 radical (unpaired) electrons. The first-order chi connectivity index (χ1) is 19.3. The summed E-state index contributed by atoms with van der Waals surface area (Å²) in [6, 6.07) is 16.0. The number of aromatic amines is 1. The number of ether oxygens (including phenoxy) is 2. The van der Waals surface area contributed by atoms with Gasteiger partial charge in [0.15, 0.2) is 11.2 Å². The number of methoxy groups -OCH3 is 1. The van der Waals surface area contributed by atoms with Crippen LogP contribution in [0.15, 0.2) is 54.7 Å². The fraction of sp³-hybridized carbons (Fsp3) is 0.367. The lowest BCUT2D eigenvalue weighted by atomic mass is 10.0. The second-order valence-corrected chi connectivity index (χ2v) is 10.9. The highest BCUT2D eigenvalue weighted by Gasteiger charge is 2.29. The zero-order valence-electron chi connectivity index (χ0n) is 23.3. The third-order valence-corrected chi connectivity index (χ3v) is 7.54. The quantitative estimate of drug-likeness (QED) is 0.255. The second kappa shape index (κ2) is 11.7. The molecule has 210 valence electrons. The molecule has 0 unspecified atom stereocenters. The Balaban J connectivity index is 1.25. The summed E-state index contributed by atoms with van der Waals surface area (Å²) >= 11 is 6.62. The van der Waals surface area contributed by atoms with E-state index >= 15 is 0 Å². The molecule has 1 saturated heterocycles. The number of halogens is 1. The predicted octanol–water partition coefficient (Wildman–Crippen LogP) is 5.27. The lowest BCUT2D eigenvalue weighted by Gasteiger charge is -2.33. The van der Waals surface area contributed by atoms with Gasteiger partial charge in [-0.15, -0.1) is 0 Å². The first-order valence-electron chi connectivity index (χ1n) is 13.4. The predicted molar refractivity (Wildman–Crippen MR) is 158 cm³/mol. The number of likely N-dealkylation sites (N-methyl/N-ethyl adjacent to an activating group) is 1. The first kappa shape index (κ1) is 27.7. The van der Waals surface area contributed by atoms with Crippen molar-refractivity contribution in [2.24, 2.45) is 0 Å². The molecule has 9 nitrogen and oxygen atoms in total. The number of benzene rings is 2. The number of piperidine rings is 1. The van der Waals surface area contributed by atoms with Gasteiger partial charge in [-0.05, 0) is 68.7 Å². The van der Waals surface area contributed by atoms with E-state index in [1.807, 2.05) is 36.4 Å². The van der Waals surface area contributed by atoms with Crippen LogP contribution >= 0.6 is 11.6 Å². The maximum absolute atomic E-state index is 12.1. The van der Waals surface area contributed by atoms with Crippen molar-refractivity contribution < 1.29 is 14.3 Å². The van der Waals surface area contributed by atoms with Crippen LogP contribution in [0.5, 0.6) is 11.5 Å². The smallest absolute Gasteiger partial charge is 0.263 e. The van der Waals surface area contributed by atoms with Crippen LogP contribution in [0.25, 0.3) is 22.6 Å². The number of pyridine rings is 1. The number of carbonyl (C=O) groups is 1. The third-order valence-electron chi connectivity index (χ3n) is 7.25. The van der Waals surface area contributed by atoms with Crippen molar-refractivity contribution in [2.45, 2.75) is 44.9 Å². The summed E-state index contributed by atoms with van der Waals surface area (Å²) in [5.41, 5.74) is 3.38. The molecule has 3 N–H and O–H groups in total. The van der Waals surface area contributed by atoms with Gasteiger partial charge in [0.25, 0.3) is 5.91 Å². The molecule has 0 bridgehead atoms. The molecule has 1 aliphatic heterocycles. The number of rotatable bonds is 9. The molecule has 0 spiro atoms. The van der Waals surface area contributed by atoms with Crippen molar-refractivity contribution in [3.8, 4) is 22.9 Å². The van der Waals surface area contributed by atoms with Crippen molar-refractivity contribution >= 4 is 34.4 Å². The average Bonchev–Trinajstić information content (AvgIpc) is 3.40. The monoisotopic (exact) mass is 562 g/mol. The molecular formula is C30H35ClN6O3. The van der Waals surface area contributed by atoms with E-state index in [1.54, 1.807) is 34.2 Å². The topological polar surface area (TPSA) is 104 Å². The highest BCUT2D eigenvalue weighted by Crippen LogP contribution is 2.33. The number of likely N-dealkylation sites (tertiary alicyclic amines) is 1. The van der Waals surface area contributed by atoms with Gasteiger partial charge in [-0.3, -0.25) is 9.69 Å². The Morgan fingerprint density at radius 1 is 1.10 bits per heavy atom. The molecule has 5 rings (SSSR count). The molecule has 1 aliphatic rings. The molecule has 2 aromatic heterocycles. The van der Waals surface area contributed by atoms with Gasteiger partial charge in [0.1, 0.15) is 22.8 Å². The number of fused-ring (bicyclic) bond motifs is 1. The summed E-state index contributed by atoms with van der Waals surface area (Å²) in [5, 5.41) is 6.85. The maximum atomic E-state index is 12.1. The summed E-state index contributed by atoms with van der Waals surface area (Å²) in [5.74, 6) is 1.96. The van der Waals surface area contributed by atoms with Crippen molar-refractivity contribution in [1.82, 2.24) is 25.2 Å². The van der Waals surface area contributed by atoms with Crippen LogP contribution in [-0.2, 0) is 11.3 Å². The van der Waals surface area contributed by atoms with E-state index in [-0.39, 0.29) is 5.91 Å². The van der Waals surface area contributed by atoms with Gasteiger partial charge in [0.05, 0.1) is 24.0 Å². The van der Waals surface area contributed by atoms with Crippen molar-refractivity contribution in [2.75, 3.05) is 32.6 Å². The number of nitrogens with one attached hydrogen (secondary N) is 3. The molecule has 1 amide bonds. The summed E-state index contributed by atoms with van der Waals surface area (Å²) in [6.07, 6.45) is 3.66. The summed E-state index contributed by atoms with van der Waals surface area (Å²) in [6.45, 7) is 6.37. The Morgan fingerprint density at radius 2 is 1.77 bits per heavy atom. The summed E-state index contributed by atoms with van der Waals surface area (Å²) in [4.78, 5) is 27.1. The van der Waals surface area contributed by atoms with E-state index in [1.165, 1.54) is 5.56 Å². The first-order valence-corrected chi connectivity index (χ1v) is 13.8. The zero-order chi connectivity index (χ0) is 28.3. The Labute approximate surface area is 239 Å². The van der Waals surface area contributed by atoms with Gasteiger partial charge in [-0.2, -0.15) is 0 Å². The highest BCUT2D eigenvalue weighted by molar-refractivity contribution is 6.34. The SMILES string of the molecule is CNC(=O)C(C)(C)Oc1ccc(-c2nc3ncc(Cl)c(NC4CCN(Cc5ccc(OC)cc5)CC4)c3[nH]2)cc1. The molecule has 4 aromatic rings. The Hall–Kier alpha value is -3.82. The van der Waals surface area contributed by atoms with Crippen LogP contribution in [-0.4, -0.2) is 64.6 Å². The summed E-state index contributed by atoms with van der Waals surface area (Å²) < 4.78 is 11.1. The van der Waals surface area contributed by atoms with Crippen LogP contribution < -0.4 is 20.1 Å². The largest absolute Gasteiger partial charge is 0.497 e. The lowest BCUT2D eigenvalue weighted by molar-refractivity contribution is -0.133. The Morgan fingerprint density at radius 3 is 2.42 bits per heavy atom. The minimum absolute atomic E-state index is 0.195. The van der Waals surface area contributed by atoms with Crippen LogP contribution in [0, 0.1) is 0 Å². The number of hydrogen-bond donors (Lipinski definition) is 3. The van der Waals surface area contributed by atoms with E-state index < -0.39 is 5.60 Å². The molecule has 2 aromatic carbocycles. The molecule has 0 aliphatic carbocycles. The fourth-order valence-electron chi connectivity index (χ4n) is 4.96. The molecular weight excluding hydrogens is 528 g/mol. The minimum atomic E-state index is -0.983. The van der Waals surface area contributed by atoms with Gasteiger partial charge in [-0.25, -0.2) is 9.97 Å². The number of amides is 1. The third kappa shape index (κ3) is 6.16. The van der Waals surface area contributed by atoms with Crippen LogP contribution in [0.1, 0.15) is 32.3 Å². The normalized spacial score (nSPS) is 14.7. The molecule has 40 heavy (non-hydrogen) atoms. The van der Waals surface area contributed by atoms with E-state index in [0.29, 0.717) is 28.3 Å². The van der Waals surface area contributed by atoms with Crippen molar-refractivity contribution in [3.05, 3.63) is 65.3 Å². The van der Waals surface area contributed by atoms with Gasteiger partial charge in [0.2, 0.25) is 0 Å². The fourth-order valence-corrected chi connectivity index (χ4v) is 5.16. The van der Waals surface area contributed by atoms with Crippen molar-refractivity contribution in [3.63, 3.8) is 0 Å². The van der Waals surface area contributed by atoms with Crippen LogP contribution in [0.2, 0.25) is 5.02 Å². The number of H-pyrrole nitrogens is 1. The van der Waals surface area contributed by atoms with Gasteiger partial charge in [0, 0.05) is 38.3 Å². The Kier molecular flexibility index (Phi) is 8.14.